The minimum Gasteiger partial charge on any atom is -0.388 e. The highest BCUT2D eigenvalue weighted by Gasteiger charge is 2.24. The SMILES string of the molecule is CN(CCC(=N)N)C(=O)NC1CC1. The standard InChI is InChI=1S/C8H16N4O/c1-12(5-4-7(9)10)8(13)11-6-2-3-6/h6H,2-5H2,1H3,(H3,9,10)(H,11,13). The van der Waals surface area contributed by atoms with E-state index in [0.29, 0.717) is 19.0 Å². The average Bonchev–Trinajstić information content (AvgIpc) is 2.83. The van der Waals surface area contributed by atoms with Gasteiger partial charge < -0.3 is 16.0 Å². The van der Waals surface area contributed by atoms with Crippen LogP contribution < -0.4 is 11.1 Å². The number of carbonyl (C=O) groups is 1. The average molecular weight is 184 g/mol. The molecule has 0 aliphatic heterocycles. The highest BCUT2D eigenvalue weighted by molar-refractivity contribution is 5.78. The van der Waals surface area contributed by atoms with Crippen molar-refractivity contribution in [2.24, 2.45) is 5.73 Å². The zero-order valence-electron chi connectivity index (χ0n) is 7.84. The molecule has 0 aromatic heterocycles. The fourth-order valence-corrected chi connectivity index (χ4v) is 0.902. The molecule has 5 heteroatoms. The van der Waals surface area contributed by atoms with E-state index < -0.39 is 0 Å². The van der Waals surface area contributed by atoms with Gasteiger partial charge in [-0.1, -0.05) is 0 Å². The normalized spacial score (nSPS) is 15.2. The van der Waals surface area contributed by atoms with Crippen LogP contribution in [0.5, 0.6) is 0 Å². The van der Waals surface area contributed by atoms with Crippen LogP contribution >= 0.6 is 0 Å². The zero-order valence-corrected chi connectivity index (χ0v) is 7.84. The Hall–Kier alpha value is -1.26. The van der Waals surface area contributed by atoms with Crippen LogP contribution in [0.4, 0.5) is 4.79 Å². The fraction of sp³-hybridized carbons (Fsp3) is 0.750. The lowest BCUT2D eigenvalue weighted by molar-refractivity contribution is 0.209. The van der Waals surface area contributed by atoms with Gasteiger partial charge in [-0.2, -0.15) is 0 Å². The zero-order chi connectivity index (χ0) is 9.84. The van der Waals surface area contributed by atoms with Gasteiger partial charge in [-0.05, 0) is 12.8 Å². The van der Waals surface area contributed by atoms with Crippen molar-refractivity contribution in [2.75, 3.05) is 13.6 Å². The quantitative estimate of drug-likeness (QED) is 0.428. The molecule has 0 aromatic carbocycles. The first kappa shape index (κ1) is 9.83. The molecular formula is C8H16N4O. The van der Waals surface area contributed by atoms with Crippen LogP contribution in [0.2, 0.25) is 0 Å². The Kier molecular flexibility index (Phi) is 3.11. The van der Waals surface area contributed by atoms with Gasteiger partial charge in [-0.3, -0.25) is 5.41 Å². The summed E-state index contributed by atoms with van der Waals surface area (Å²) in [5, 5.41) is 9.85. The van der Waals surface area contributed by atoms with Crippen LogP contribution in [0.3, 0.4) is 0 Å². The minimum atomic E-state index is -0.0660. The molecule has 4 N–H and O–H groups in total. The van der Waals surface area contributed by atoms with E-state index in [0.717, 1.165) is 12.8 Å². The summed E-state index contributed by atoms with van der Waals surface area (Å²) in [6, 6.07) is 0.316. The van der Waals surface area contributed by atoms with Crippen molar-refractivity contribution in [1.29, 1.82) is 5.41 Å². The summed E-state index contributed by atoms with van der Waals surface area (Å²) in [5.41, 5.74) is 5.18. The summed E-state index contributed by atoms with van der Waals surface area (Å²) in [6.07, 6.45) is 2.62. The van der Waals surface area contributed by atoms with Crippen molar-refractivity contribution < 1.29 is 4.79 Å². The molecule has 1 rings (SSSR count). The molecule has 1 aliphatic carbocycles. The van der Waals surface area contributed by atoms with E-state index >= 15 is 0 Å². The van der Waals surface area contributed by atoms with Gasteiger partial charge in [0, 0.05) is 26.1 Å². The molecule has 0 radical (unpaired) electrons. The lowest BCUT2D eigenvalue weighted by Gasteiger charge is -2.17. The van der Waals surface area contributed by atoms with Gasteiger partial charge in [0.05, 0.1) is 5.84 Å². The van der Waals surface area contributed by atoms with Gasteiger partial charge in [0.25, 0.3) is 0 Å². The maximum absolute atomic E-state index is 11.3. The Morgan fingerprint density at radius 3 is 2.77 bits per heavy atom. The van der Waals surface area contributed by atoms with Crippen molar-refractivity contribution in [1.82, 2.24) is 10.2 Å². The highest BCUT2D eigenvalue weighted by atomic mass is 16.2. The lowest BCUT2D eigenvalue weighted by atomic mass is 10.4. The first-order valence-corrected chi connectivity index (χ1v) is 4.44. The first-order chi connectivity index (χ1) is 6.09. The van der Waals surface area contributed by atoms with Crippen molar-refractivity contribution in [2.45, 2.75) is 25.3 Å². The molecule has 0 saturated heterocycles. The number of rotatable bonds is 4. The summed E-state index contributed by atoms with van der Waals surface area (Å²) < 4.78 is 0. The molecule has 2 amide bonds. The van der Waals surface area contributed by atoms with Gasteiger partial charge >= 0.3 is 6.03 Å². The largest absolute Gasteiger partial charge is 0.388 e. The van der Waals surface area contributed by atoms with Crippen molar-refractivity contribution in [3.8, 4) is 0 Å². The molecule has 1 fully saturated rings. The third kappa shape index (κ3) is 3.78. The summed E-state index contributed by atoms with van der Waals surface area (Å²) in [6.45, 7) is 0.508. The Bertz CT molecular complexity index is 212. The summed E-state index contributed by atoms with van der Waals surface area (Å²) in [4.78, 5) is 12.9. The molecule has 13 heavy (non-hydrogen) atoms. The van der Waals surface area contributed by atoms with Crippen LogP contribution in [0, 0.1) is 5.41 Å². The van der Waals surface area contributed by atoms with E-state index in [4.69, 9.17) is 11.1 Å². The summed E-state index contributed by atoms with van der Waals surface area (Å²) in [7, 11) is 1.71. The van der Waals surface area contributed by atoms with Gasteiger partial charge in [0.1, 0.15) is 0 Å². The molecule has 0 spiro atoms. The van der Waals surface area contributed by atoms with E-state index in [1.54, 1.807) is 11.9 Å². The number of hydrogen-bond donors (Lipinski definition) is 3. The maximum Gasteiger partial charge on any atom is 0.317 e. The van der Waals surface area contributed by atoms with Gasteiger partial charge in [-0.15, -0.1) is 0 Å². The molecule has 1 saturated carbocycles. The molecule has 0 bridgehead atoms. The van der Waals surface area contributed by atoms with Crippen LogP contribution in [0.25, 0.3) is 0 Å². The molecular weight excluding hydrogens is 168 g/mol. The van der Waals surface area contributed by atoms with Crippen LogP contribution in [-0.4, -0.2) is 36.4 Å². The van der Waals surface area contributed by atoms with E-state index in [-0.39, 0.29) is 11.9 Å². The number of nitrogens with two attached hydrogens (primary N) is 1. The topological polar surface area (TPSA) is 82.2 Å². The smallest absolute Gasteiger partial charge is 0.317 e. The van der Waals surface area contributed by atoms with Crippen LogP contribution in [0.15, 0.2) is 0 Å². The molecule has 0 unspecified atom stereocenters. The van der Waals surface area contributed by atoms with Gasteiger partial charge in [0.15, 0.2) is 0 Å². The molecule has 1 aliphatic rings. The second-order valence-corrected chi connectivity index (χ2v) is 3.42. The second kappa shape index (κ2) is 4.11. The Labute approximate surface area is 77.8 Å². The highest BCUT2D eigenvalue weighted by Crippen LogP contribution is 2.18. The molecule has 0 heterocycles. The van der Waals surface area contributed by atoms with Crippen molar-refractivity contribution >= 4 is 11.9 Å². The monoisotopic (exact) mass is 184 g/mol. The number of amidine groups is 1. The summed E-state index contributed by atoms with van der Waals surface area (Å²) in [5.74, 6) is 0.117. The Morgan fingerprint density at radius 2 is 2.31 bits per heavy atom. The second-order valence-electron chi connectivity index (χ2n) is 3.42. The maximum atomic E-state index is 11.3. The predicted octanol–water partition coefficient (Wildman–Crippen LogP) is 0.116. The Balaban J connectivity index is 2.16. The number of nitrogens with zero attached hydrogens (tertiary/aromatic N) is 1. The fourth-order valence-electron chi connectivity index (χ4n) is 0.902. The van der Waals surface area contributed by atoms with Gasteiger partial charge in [0.2, 0.25) is 0 Å². The third-order valence-corrected chi connectivity index (χ3v) is 1.97. The Morgan fingerprint density at radius 1 is 1.69 bits per heavy atom. The molecule has 0 aromatic rings. The van der Waals surface area contributed by atoms with Crippen LogP contribution in [0.1, 0.15) is 19.3 Å². The van der Waals surface area contributed by atoms with Crippen molar-refractivity contribution in [3.05, 3.63) is 0 Å². The minimum absolute atomic E-state index is 0.0660. The van der Waals surface area contributed by atoms with E-state index in [9.17, 15) is 4.79 Å². The first-order valence-electron chi connectivity index (χ1n) is 4.44. The number of amides is 2. The van der Waals surface area contributed by atoms with E-state index in [1.807, 2.05) is 0 Å². The lowest BCUT2D eigenvalue weighted by Crippen LogP contribution is -2.39. The number of hydrogen-bond acceptors (Lipinski definition) is 2. The van der Waals surface area contributed by atoms with Crippen molar-refractivity contribution in [3.63, 3.8) is 0 Å². The number of nitrogens with one attached hydrogen (secondary N) is 2. The molecule has 5 nitrogen and oxygen atoms in total. The molecule has 0 atom stereocenters. The molecule has 74 valence electrons. The number of urea groups is 1. The van der Waals surface area contributed by atoms with Gasteiger partial charge in [-0.25, -0.2) is 4.79 Å². The summed E-state index contributed by atoms with van der Waals surface area (Å²) >= 11 is 0. The van der Waals surface area contributed by atoms with E-state index in [1.165, 1.54) is 0 Å². The predicted molar refractivity (Wildman–Crippen MR) is 50.7 cm³/mol. The number of carbonyl (C=O) groups excluding carboxylic acids is 1. The van der Waals surface area contributed by atoms with Crippen LogP contribution in [-0.2, 0) is 0 Å². The van der Waals surface area contributed by atoms with E-state index in [2.05, 4.69) is 5.32 Å². The third-order valence-electron chi connectivity index (χ3n) is 1.97.